The molecule has 0 unspecified atom stereocenters. The van der Waals surface area contributed by atoms with Gasteiger partial charge < -0.3 is 5.32 Å². The van der Waals surface area contributed by atoms with Gasteiger partial charge in [0, 0.05) is 5.54 Å². The second-order valence-corrected chi connectivity index (χ2v) is 10.3. The van der Waals surface area contributed by atoms with E-state index in [1.807, 2.05) is 0 Å². The number of hydrogen-bond acceptors (Lipinski definition) is 1. The molecule has 1 nitrogen and oxygen atoms in total. The normalized spacial score (nSPS) is 14.2. The van der Waals surface area contributed by atoms with E-state index in [0.717, 1.165) is 0 Å². The maximum Gasteiger partial charge on any atom is 0.158 e. The van der Waals surface area contributed by atoms with E-state index >= 15 is 0 Å². The quantitative estimate of drug-likeness (QED) is 0.569. The SMILES string of the molecule is C1=CC([Si](c2ccccc2)(c2ccccc2)c2ccccc2)C=CN1. The van der Waals surface area contributed by atoms with E-state index in [-0.39, 0.29) is 0 Å². The van der Waals surface area contributed by atoms with Gasteiger partial charge in [-0.15, -0.1) is 0 Å². The number of benzene rings is 3. The maximum absolute atomic E-state index is 3.20. The number of nitrogens with one attached hydrogen (secondary N) is 1. The second kappa shape index (κ2) is 6.95. The molecule has 0 amide bonds. The van der Waals surface area contributed by atoms with E-state index in [4.69, 9.17) is 0 Å². The molecule has 0 aliphatic carbocycles. The first-order valence-electron chi connectivity index (χ1n) is 8.68. The summed E-state index contributed by atoms with van der Waals surface area (Å²) in [6.45, 7) is 0. The highest BCUT2D eigenvalue weighted by Crippen LogP contribution is 2.26. The highest BCUT2D eigenvalue weighted by Gasteiger charge is 2.44. The summed E-state index contributed by atoms with van der Waals surface area (Å²) >= 11 is 0. The van der Waals surface area contributed by atoms with Gasteiger partial charge in [0.25, 0.3) is 0 Å². The second-order valence-electron chi connectivity index (χ2n) is 6.32. The molecule has 1 aliphatic heterocycles. The van der Waals surface area contributed by atoms with Gasteiger partial charge in [0.15, 0.2) is 8.07 Å². The minimum atomic E-state index is -2.24. The van der Waals surface area contributed by atoms with Gasteiger partial charge in [-0.1, -0.05) is 103 Å². The molecule has 122 valence electrons. The van der Waals surface area contributed by atoms with Crippen LogP contribution >= 0.6 is 0 Å². The number of rotatable bonds is 4. The van der Waals surface area contributed by atoms with Crippen LogP contribution in [0.5, 0.6) is 0 Å². The van der Waals surface area contributed by atoms with Crippen LogP contribution in [-0.4, -0.2) is 8.07 Å². The molecule has 0 spiro atoms. The smallest absolute Gasteiger partial charge is 0.158 e. The molecule has 3 aromatic rings. The van der Waals surface area contributed by atoms with Gasteiger partial charge in [-0.05, 0) is 28.0 Å². The molecule has 3 aromatic carbocycles. The van der Waals surface area contributed by atoms with Crippen LogP contribution in [0.2, 0.25) is 5.54 Å². The van der Waals surface area contributed by atoms with Crippen molar-refractivity contribution in [2.45, 2.75) is 5.54 Å². The van der Waals surface area contributed by atoms with Gasteiger partial charge in [-0.3, -0.25) is 0 Å². The molecule has 0 aromatic heterocycles. The van der Waals surface area contributed by atoms with Crippen molar-refractivity contribution in [3.05, 3.63) is 116 Å². The molecule has 0 radical (unpaired) electrons. The zero-order valence-electron chi connectivity index (χ0n) is 14.0. The summed E-state index contributed by atoms with van der Waals surface area (Å²) in [5.41, 5.74) is 0.362. The fourth-order valence-electron chi connectivity index (χ4n) is 3.91. The summed E-state index contributed by atoms with van der Waals surface area (Å²) in [4.78, 5) is 0. The Morgan fingerprint density at radius 3 is 1.24 bits per heavy atom. The van der Waals surface area contributed by atoms with Crippen molar-refractivity contribution < 1.29 is 0 Å². The Balaban J connectivity index is 2.06. The van der Waals surface area contributed by atoms with Gasteiger partial charge in [-0.25, -0.2) is 0 Å². The van der Waals surface area contributed by atoms with Crippen molar-refractivity contribution in [3.63, 3.8) is 0 Å². The van der Waals surface area contributed by atoms with Crippen LogP contribution in [0.1, 0.15) is 0 Å². The van der Waals surface area contributed by atoms with Gasteiger partial charge >= 0.3 is 0 Å². The predicted octanol–water partition coefficient (Wildman–Crippen LogP) is 3.16. The van der Waals surface area contributed by atoms with Crippen LogP contribution in [0.3, 0.4) is 0 Å². The third kappa shape index (κ3) is 2.75. The Kier molecular flexibility index (Phi) is 4.36. The molecule has 2 heteroatoms. The van der Waals surface area contributed by atoms with E-state index in [0.29, 0.717) is 5.54 Å². The molecule has 25 heavy (non-hydrogen) atoms. The van der Waals surface area contributed by atoms with Crippen LogP contribution in [0.4, 0.5) is 0 Å². The third-order valence-corrected chi connectivity index (χ3v) is 10.1. The molecule has 1 N–H and O–H groups in total. The summed E-state index contributed by atoms with van der Waals surface area (Å²) < 4.78 is 0. The van der Waals surface area contributed by atoms with Crippen molar-refractivity contribution in [2.75, 3.05) is 0 Å². The lowest BCUT2D eigenvalue weighted by Crippen LogP contribution is -2.69. The van der Waals surface area contributed by atoms with Gasteiger partial charge in [-0.2, -0.15) is 0 Å². The van der Waals surface area contributed by atoms with Crippen molar-refractivity contribution >= 4 is 23.6 Å². The highest BCUT2D eigenvalue weighted by atomic mass is 28.3. The van der Waals surface area contributed by atoms with Crippen molar-refractivity contribution in [1.29, 1.82) is 0 Å². The zero-order chi connectivity index (χ0) is 17.0. The largest absolute Gasteiger partial charge is 0.368 e. The number of hydrogen-bond donors (Lipinski definition) is 1. The van der Waals surface area contributed by atoms with Gasteiger partial charge in [0.05, 0.1) is 0 Å². The maximum atomic E-state index is 3.20. The predicted molar refractivity (Wildman–Crippen MR) is 109 cm³/mol. The Morgan fingerprint density at radius 1 is 0.520 bits per heavy atom. The van der Waals surface area contributed by atoms with Crippen LogP contribution in [0, 0.1) is 0 Å². The highest BCUT2D eigenvalue weighted by molar-refractivity contribution is 7.13. The first kappa shape index (κ1) is 15.7. The summed E-state index contributed by atoms with van der Waals surface area (Å²) in [5, 5.41) is 7.52. The molecular weight excluding hydrogens is 318 g/mol. The fraction of sp³-hybridized carbons (Fsp3) is 0.0435. The topological polar surface area (TPSA) is 12.0 Å². The summed E-state index contributed by atoms with van der Waals surface area (Å²) in [7, 11) is -2.24. The Morgan fingerprint density at radius 2 is 0.880 bits per heavy atom. The summed E-state index contributed by atoms with van der Waals surface area (Å²) in [6, 6.07) is 33.1. The van der Waals surface area contributed by atoms with Crippen molar-refractivity contribution in [2.24, 2.45) is 0 Å². The lowest BCUT2D eigenvalue weighted by atomic mass is 10.3. The van der Waals surface area contributed by atoms with Crippen molar-refractivity contribution in [1.82, 2.24) is 5.32 Å². The van der Waals surface area contributed by atoms with Gasteiger partial charge in [0.1, 0.15) is 0 Å². The Hall–Kier alpha value is -2.84. The number of dihydropyridines is 1. The molecule has 1 heterocycles. The molecule has 4 rings (SSSR count). The molecule has 0 saturated carbocycles. The lowest BCUT2D eigenvalue weighted by molar-refractivity contribution is 1.09. The summed E-state index contributed by atoms with van der Waals surface area (Å²) in [5.74, 6) is 0. The van der Waals surface area contributed by atoms with Crippen molar-refractivity contribution in [3.8, 4) is 0 Å². The van der Waals surface area contributed by atoms with E-state index in [1.54, 1.807) is 0 Å². The fourth-order valence-corrected chi connectivity index (χ4v) is 8.99. The first-order chi connectivity index (χ1) is 12.4. The summed E-state index contributed by atoms with van der Waals surface area (Å²) in [6.07, 6.45) is 8.78. The molecule has 0 bridgehead atoms. The van der Waals surface area contributed by atoms with E-state index in [2.05, 4.69) is 121 Å². The van der Waals surface area contributed by atoms with Crippen LogP contribution in [0.15, 0.2) is 116 Å². The van der Waals surface area contributed by atoms with Gasteiger partial charge in [0.2, 0.25) is 0 Å². The van der Waals surface area contributed by atoms with Crippen LogP contribution in [-0.2, 0) is 0 Å². The van der Waals surface area contributed by atoms with Crippen LogP contribution < -0.4 is 20.9 Å². The van der Waals surface area contributed by atoms with E-state index in [9.17, 15) is 0 Å². The molecule has 0 fully saturated rings. The average Bonchev–Trinajstić information content (AvgIpc) is 2.72. The minimum Gasteiger partial charge on any atom is -0.368 e. The monoisotopic (exact) mass is 339 g/mol. The molecule has 0 atom stereocenters. The Labute approximate surface area is 150 Å². The molecule has 1 aliphatic rings. The van der Waals surface area contributed by atoms with E-state index in [1.165, 1.54) is 15.6 Å². The van der Waals surface area contributed by atoms with E-state index < -0.39 is 8.07 Å². The van der Waals surface area contributed by atoms with Crippen LogP contribution in [0.25, 0.3) is 0 Å². The minimum absolute atomic E-state index is 0.362. The third-order valence-electron chi connectivity index (χ3n) is 4.99. The Bertz CT molecular complexity index is 761. The first-order valence-corrected chi connectivity index (χ1v) is 10.8. The molecular formula is C23H21NSi. The number of allylic oxidation sites excluding steroid dienone is 2. The lowest BCUT2D eigenvalue weighted by Gasteiger charge is -2.38. The zero-order valence-corrected chi connectivity index (χ0v) is 15.0. The molecule has 0 saturated heterocycles. The average molecular weight is 340 g/mol. The standard InChI is InChI=1S/C23H21NSi/c1-4-10-20(11-5-1)25(21-12-6-2-7-13-21,22-14-8-3-9-15-22)23-16-18-24-19-17-23/h1-19,23-24H.